The number of carbonyl (C=O) groups is 1. The number of aromatic nitrogens is 2. The molecule has 9 nitrogen and oxygen atoms in total. The molecule has 6 rings (SSSR count). The van der Waals surface area contributed by atoms with E-state index in [9.17, 15) is 17.6 Å². The van der Waals surface area contributed by atoms with Crippen LogP contribution in [-0.4, -0.2) is 44.5 Å². The SMILES string of the molecule is CNC(=O)c1c(-c2ccc(F)cc2)oc2cc(N(C)S(C)(=O)=O)c(-c3ccc4cnn(-c5ccc(N)cc5)c4c3)cc12. The highest BCUT2D eigenvalue weighted by Crippen LogP contribution is 2.42. The van der Waals surface area contributed by atoms with Gasteiger partial charge < -0.3 is 15.5 Å². The van der Waals surface area contributed by atoms with Crippen LogP contribution in [0.4, 0.5) is 15.8 Å². The topological polar surface area (TPSA) is 123 Å². The average Bonchev–Trinajstić information content (AvgIpc) is 3.57. The first-order chi connectivity index (χ1) is 20.0. The number of nitrogens with zero attached hydrogens (tertiary/aromatic N) is 3. The molecule has 0 fully saturated rings. The van der Waals surface area contributed by atoms with Crippen molar-refractivity contribution in [3.8, 4) is 28.1 Å². The summed E-state index contributed by atoms with van der Waals surface area (Å²) in [7, 11) is -0.714. The molecule has 4 aromatic carbocycles. The van der Waals surface area contributed by atoms with Gasteiger partial charge in [-0.15, -0.1) is 0 Å². The number of furan rings is 1. The number of hydrogen-bond acceptors (Lipinski definition) is 6. The molecule has 42 heavy (non-hydrogen) atoms. The van der Waals surface area contributed by atoms with Gasteiger partial charge in [-0.1, -0.05) is 12.1 Å². The van der Waals surface area contributed by atoms with Crippen LogP contribution in [0.1, 0.15) is 10.4 Å². The van der Waals surface area contributed by atoms with Gasteiger partial charge >= 0.3 is 0 Å². The number of sulfonamides is 1. The first-order valence-electron chi connectivity index (χ1n) is 12.9. The molecule has 0 bridgehead atoms. The van der Waals surface area contributed by atoms with E-state index in [-0.39, 0.29) is 11.3 Å². The smallest absolute Gasteiger partial charge is 0.255 e. The van der Waals surface area contributed by atoms with Gasteiger partial charge in [-0.25, -0.2) is 17.5 Å². The van der Waals surface area contributed by atoms with Gasteiger partial charge in [-0.3, -0.25) is 9.10 Å². The van der Waals surface area contributed by atoms with Crippen molar-refractivity contribution in [3.05, 3.63) is 96.4 Å². The van der Waals surface area contributed by atoms with Crippen molar-refractivity contribution in [2.75, 3.05) is 30.4 Å². The van der Waals surface area contributed by atoms with E-state index in [1.165, 1.54) is 42.7 Å². The van der Waals surface area contributed by atoms with E-state index in [1.54, 1.807) is 35.1 Å². The molecule has 11 heteroatoms. The molecular formula is C31H26FN5O4S. The highest BCUT2D eigenvalue weighted by Gasteiger charge is 2.26. The standard InChI is InChI=1S/C31H26FN5O4S/c1-34-31(38)29-25-15-24(19-4-5-20-17-35-37(26(20)14-19)23-12-10-22(33)11-13-23)27(36(2)42(3,39)40)16-28(25)41-30(29)18-6-8-21(32)9-7-18/h4-17H,33H2,1-3H3,(H,34,38). The Balaban J connectivity index is 1.63. The Hall–Kier alpha value is -5.16. The van der Waals surface area contributed by atoms with Gasteiger partial charge in [0.1, 0.15) is 17.2 Å². The second kappa shape index (κ2) is 10.0. The quantitative estimate of drug-likeness (QED) is 0.247. The number of amides is 1. The van der Waals surface area contributed by atoms with E-state index in [0.29, 0.717) is 39.0 Å². The van der Waals surface area contributed by atoms with Crippen LogP contribution in [0, 0.1) is 5.82 Å². The molecule has 2 aromatic heterocycles. The molecule has 0 aliphatic heterocycles. The zero-order valence-corrected chi connectivity index (χ0v) is 23.7. The molecule has 0 aliphatic carbocycles. The van der Waals surface area contributed by atoms with Crippen LogP contribution in [0.2, 0.25) is 0 Å². The van der Waals surface area contributed by atoms with E-state index in [1.807, 2.05) is 30.3 Å². The zero-order valence-electron chi connectivity index (χ0n) is 22.9. The lowest BCUT2D eigenvalue weighted by molar-refractivity contribution is 0.0964. The highest BCUT2D eigenvalue weighted by atomic mass is 32.2. The maximum absolute atomic E-state index is 13.7. The number of hydrogen-bond donors (Lipinski definition) is 2. The summed E-state index contributed by atoms with van der Waals surface area (Å²) in [5.74, 6) is -0.587. The molecule has 212 valence electrons. The second-order valence-corrected chi connectivity index (χ2v) is 11.9. The monoisotopic (exact) mass is 583 g/mol. The minimum Gasteiger partial charge on any atom is -0.455 e. The summed E-state index contributed by atoms with van der Waals surface area (Å²) < 4.78 is 48.3. The van der Waals surface area contributed by atoms with Crippen molar-refractivity contribution < 1.29 is 22.0 Å². The Kier molecular flexibility index (Phi) is 6.46. The highest BCUT2D eigenvalue weighted by molar-refractivity contribution is 7.92. The third-order valence-corrected chi connectivity index (χ3v) is 8.41. The fourth-order valence-corrected chi connectivity index (χ4v) is 5.47. The molecule has 3 N–H and O–H groups in total. The summed E-state index contributed by atoms with van der Waals surface area (Å²) in [6.07, 6.45) is 2.86. The Labute approximate surface area is 241 Å². The third-order valence-electron chi connectivity index (χ3n) is 7.22. The molecular weight excluding hydrogens is 557 g/mol. The Bertz CT molecular complexity index is 2100. The summed E-state index contributed by atoms with van der Waals surface area (Å²) in [6, 6.07) is 22.0. The van der Waals surface area contributed by atoms with E-state index in [2.05, 4.69) is 10.4 Å². The fraction of sp³-hybridized carbons (Fsp3) is 0.0968. The van der Waals surface area contributed by atoms with Crippen LogP contribution in [-0.2, 0) is 10.0 Å². The van der Waals surface area contributed by atoms with E-state index in [0.717, 1.165) is 22.8 Å². The normalized spacial score (nSPS) is 11.7. The van der Waals surface area contributed by atoms with Crippen LogP contribution >= 0.6 is 0 Å². The molecule has 0 saturated heterocycles. The van der Waals surface area contributed by atoms with Gasteiger partial charge in [-0.05, 0) is 66.2 Å². The molecule has 0 saturated carbocycles. The summed E-state index contributed by atoms with van der Waals surface area (Å²) in [4.78, 5) is 13.2. The largest absolute Gasteiger partial charge is 0.455 e. The number of carbonyl (C=O) groups excluding carboxylic acids is 1. The van der Waals surface area contributed by atoms with Crippen molar-refractivity contribution in [2.24, 2.45) is 0 Å². The predicted octanol–water partition coefficient (Wildman–Crippen LogP) is 5.58. The number of nitrogens with two attached hydrogens (primary N) is 1. The van der Waals surface area contributed by atoms with Crippen LogP contribution < -0.4 is 15.4 Å². The molecule has 6 aromatic rings. The Morgan fingerprint density at radius 3 is 2.36 bits per heavy atom. The number of benzene rings is 4. The minimum absolute atomic E-state index is 0.242. The number of nitrogens with one attached hydrogen (secondary N) is 1. The fourth-order valence-electron chi connectivity index (χ4n) is 4.96. The first-order valence-corrected chi connectivity index (χ1v) is 14.8. The van der Waals surface area contributed by atoms with Gasteiger partial charge in [0.15, 0.2) is 0 Å². The van der Waals surface area contributed by atoms with Crippen molar-refractivity contribution >= 4 is 49.2 Å². The molecule has 0 atom stereocenters. The summed E-state index contributed by atoms with van der Waals surface area (Å²) in [5.41, 5.74) is 10.7. The van der Waals surface area contributed by atoms with Crippen molar-refractivity contribution in [3.63, 3.8) is 0 Å². The predicted molar refractivity (Wildman–Crippen MR) is 163 cm³/mol. The number of rotatable bonds is 6. The van der Waals surface area contributed by atoms with Crippen LogP contribution in [0.5, 0.6) is 0 Å². The Morgan fingerprint density at radius 2 is 1.69 bits per heavy atom. The number of halogens is 1. The third kappa shape index (κ3) is 4.63. The van der Waals surface area contributed by atoms with Crippen LogP contribution in [0.3, 0.4) is 0 Å². The maximum atomic E-state index is 13.7. The van der Waals surface area contributed by atoms with Crippen LogP contribution in [0.25, 0.3) is 50.0 Å². The van der Waals surface area contributed by atoms with E-state index >= 15 is 0 Å². The Morgan fingerprint density at radius 1 is 1.00 bits per heavy atom. The number of anilines is 2. The minimum atomic E-state index is -3.68. The average molecular weight is 584 g/mol. The van der Waals surface area contributed by atoms with Crippen molar-refractivity contribution in [2.45, 2.75) is 0 Å². The van der Waals surface area contributed by atoms with Gasteiger partial charge in [0, 0.05) is 47.7 Å². The van der Waals surface area contributed by atoms with E-state index in [4.69, 9.17) is 10.2 Å². The zero-order chi connectivity index (χ0) is 29.8. The molecule has 0 spiro atoms. The molecule has 0 unspecified atom stereocenters. The molecule has 0 radical (unpaired) electrons. The number of fused-ring (bicyclic) bond motifs is 2. The summed E-state index contributed by atoms with van der Waals surface area (Å²) >= 11 is 0. The number of nitrogen functional groups attached to an aromatic ring is 1. The molecule has 2 heterocycles. The molecule has 1 amide bonds. The van der Waals surface area contributed by atoms with Gasteiger partial charge in [0.2, 0.25) is 10.0 Å². The lowest BCUT2D eigenvalue weighted by Gasteiger charge is -2.21. The van der Waals surface area contributed by atoms with Gasteiger partial charge in [-0.2, -0.15) is 5.10 Å². The van der Waals surface area contributed by atoms with Crippen molar-refractivity contribution in [1.82, 2.24) is 15.1 Å². The van der Waals surface area contributed by atoms with Gasteiger partial charge in [0.05, 0.1) is 34.9 Å². The second-order valence-electron chi connectivity index (χ2n) is 9.91. The lowest BCUT2D eigenvalue weighted by Crippen LogP contribution is -2.25. The first kappa shape index (κ1) is 27.0. The van der Waals surface area contributed by atoms with E-state index < -0.39 is 21.7 Å². The summed E-state index contributed by atoms with van der Waals surface area (Å²) in [6.45, 7) is 0. The summed E-state index contributed by atoms with van der Waals surface area (Å²) in [5, 5.41) is 8.55. The lowest BCUT2D eigenvalue weighted by atomic mass is 9.98. The van der Waals surface area contributed by atoms with Gasteiger partial charge in [0.25, 0.3) is 5.91 Å². The van der Waals surface area contributed by atoms with Crippen molar-refractivity contribution in [1.29, 1.82) is 0 Å². The molecule has 0 aliphatic rings. The van der Waals surface area contributed by atoms with Crippen LogP contribution in [0.15, 0.2) is 89.5 Å². The maximum Gasteiger partial charge on any atom is 0.255 e.